The molecule has 1 aliphatic carbocycles. The lowest BCUT2D eigenvalue weighted by atomic mass is 10.0. The van der Waals surface area contributed by atoms with E-state index in [1.165, 1.54) is 0 Å². The molecule has 1 saturated carbocycles. The molecule has 1 amide bonds. The maximum Gasteiger partial charge on any atom is 0.251 e. The van der Waals surface area contributed by atoms with E-state index in [9.17, 15) is 4.79 Å². The van der Waals surface area contributed by atoms with Gasteiger partial charge in [0.25, 0.3) is 5.91 Å². The molecule has 1 aromatic carbocycles. The Balaban J connectivity index is 2.24. The van der Waals surface area contributed by atoms with E-state index >= 15 is 0 Å². The van der Waals surface area contributed by atoms with Gasteiger partial charge in [-0.1, -0.05) is 17.9 Å². The highest BCUT2D eigenvalue weighted by Gasteiger charge is 2.24. The average Bonchev–Trinajstić information content (AvgIpc) is 3.11. The van der Waals surface area contributed by atoms with Gasteiger partial charge in [0.2, 0.25) is 0 Å². The predicted molar refractivity (Wildman–Crippen MR) is 67.6 cm³/mol. The smallest absolute Gasteiger partial charge is 0.251 e. The predicted octanol–water partition coefficient (Wildman–Crippen LogP) is 1.20. The van der Waals surface area contributed by atoms with Gasteiger partial charge in [-0.05, 0) is 37.5 Å². The van der Waals surface area contributed by atoms with Gasteiger partial charge in [0.1, 0.15) is 0 Å². The third-order valence-electron chi connectivity index (χ3n) is 2.82. The molecule has 3 nitrogen and oxygen atoms in total. The Bertz CT molecular complexity index is 493. The first-order chi connectivity index (χ1) is 8.22. The van der Waals surface area contributed by atoms with E-state index in [0.717, 1.165) is 24.0 Å². The van der Waals surface area contributed by atoms with E-state index in [-0.39, 0.29) is 5.91 Å². The molecule has 3 heteroatoms. The number of nitrogens with two attached hydrogens (primary N) is 1. The second-order valence-electron chi connectivity index (χ2n) is 4.23. The summed E-state index contributed by atoms with van der Waals surface area (Å²) in [6, 6.07) is 5.97. The fourth-order valence-electron chi connectivity index (χ4n) is 1.65. The normalized spacial score (nSPS) is 13.8. The van der Waals surface area contributed by atoms with Crippen LogP contribution in [0.2, 0.25) is 0 Å². The zero-order valence-electron chi connectivity index (χ0n) is 9.92. The molecule has 0 atom stereocenters. The fraction of sp³-hybridized carbons (Fsp3) is 0.357. The third-order valence-corrected chi connectivity index (χ3v) is 2.82. The summed E-state index contributed by atoms with van der Waals surface area (Å²) in [4.78, 5) is 12.0. The first-order valence-electron chi connectivity index (χ1n) is 5.82. The minimum absolute atomic E-state index is 0.00129. The highest BCUT2D eigenvalue weighted by atomic mass is 16.1. The van der Waals surface area contributed by atoms with Crippen molar-refractivity contribution in [2.75, 3.05) is 6.54 Å². The van der Waals surface area contributed by atoms with Crippen LogP contribution in [0.15, 0.2) is 18.2 Å². The highest BCUT2D eigenvalue weighted by Crippen LogP contribution is 2.20. The lowest BCUT2D eigenvalue weighted by molar-refractivity contribution is 0.0950. The van der Waals surface area contributed by atoms with Crippen LogP contribution < -0.4 is 11.1 Å². The molecule has 0 aromatic heterocycles. The quantitative estimate of drug-likeness (QED) is 0.747. The van der Waals surface area contributed by atoms with Crippen LogP contribution in [0.5, 0.6) is 0 Å². The lowest BCUT2D eigenvalue weighted by Crippen LogP contribution is -2.26. The molecule has 88 valence electrons. The number of hydrogen-bond donors (Lipinski definition) is 2. The number of hydrogen-bond acceptors (Lipinski definition) is 2. The monoisotopic (exact) mass is 228 g/mol. The Kier molecular flexibility index (Phi) is 3.46. The number of benzene rings is 1. The number of amides is 1. The summed E-state index contributed by atoms with van der Waals surface area (Å²) in [5.41, 5.74) is 7.85. The van der Waals surface area contributed by atoms with Crippen molar-refractivity contribution >= 4 is 5.91 Å². The Labute approximate surface area is 101 Å². The van der Waals surface area contributed by atoms with Crippen molar-refractivity contribution in [3.05, 3.63) is 34.9 Å². The Morgan fingerprint density at radius 2 is 2.29 bits per heavy atom. The Morgan fingerprint density at radius 3 is 2.94 bits per heavy atom. The van der Waals surface area contributed by atoms with Crippen molar-refractivity contribution in [1.29, 1.82) is 0 Å². The molecule has 0 heterocycles. The molecule has 1 fully saturated rings. The van der Waals surface area contributed by atoms with E-state index < -0.39 is 0 Å². The van der Waals surface area contributed by atoms with Crippen molar-refractivity contribution in [2.45, 2.75) is 25.8 Å². The summed E-state index contributed by atoms with van der Waals surface area (Å²) >= 11 is 0. The van der Waals surface area contributed by atoms with Crippen LogP contribution in [-0.2, 0) is 0 Å². The summed E-state index contributed by atoms with van der Waals surface area (Å²) < 4.78 is 0. The van der Waals surface area contributed by atoms with Crippen molar-refractivity contribution in [1.82, 2.24) is 5.32 Å². The number of carbonyl (C=O) groups excluding carboxylic acids is 1. The van der Waals surface area contributed by atoms with Gasteiger partial charge in [0, 0.05) is 17.2 Å². The van der Waals surface area contributed by atoms with Gasteiger partial charge in [-0.2, -0.15) is 0 Å². The zero-order chi connectivity index (χ0) is 12.3. The molecule has 1 aromatic rings. The van der Waals surface area contributed by atoms with Crippen LogP contribution in [0.25, 0.3) is 0 Å². The first kappa shape index (κ1) is 11.7. The molecule has 0 bridgehead atoms. The van der Waals surface area contributed by atoms with Crippen LogP contribution in [0.4, 0.5) is 0 Å². The lowest BCUT2D eigenvalue weighted by Gasteiger charge is -2.07. The van der Waals surface area contributed by atoms with Gasteiger partial charge < -0.3 is 11.1 Å². The van der Waals surface area contributed by atoms with Gasteiger partial charge in [0.15, 0.2) is 0 Å². The summed E-state index contributed by atoms with van der Waals surface area (Å²) in [5.74, 6) is 5.79. The zero-order valence-corrected chi connectivity index (χ0v) is 9.92. The standard InChI is InChI=1S/C14H16N2O/c1-10-11(5-3-9-15)4-2-6-13(10)14(17)16-12-7-8-12/h2,4,6,12H,7-9,15H2,1H3,(H,16,17). The number of nitrogens with one attached hydrogen (secondary N) is 1. The third kappa shape index (κ3) is 2.86. The topological polar surface area (TPSA) is 55.1 Å². The molecular formula is C14H16N2O. The Hall–Kier alpha value is -1.79. The average molecular weight is 228 g/mol. The highest BCUT2D eigenvalue weighted by molar-refractivity contribution is 5.96. The van der Waals surface area contributed by atoms with Crippen molar-refractivity contribution < 1.29 is 4.79 Å². The minimum atomic E-state index is 0.00129. The van der Waals surface area contributed by atoms with Gasteiger partial charge in [0.05, 0.1) is 6.54 Å². The molecule has 0 saturated heterocycles. The van der Waals surface area contributed by atoms with E-state index in [1.54, 1.807) is 0 Å². The molecule has 0 spiro atoms. The Morgan fingerprint density at radius 1 is 1.53 bits per heavy atom. The summed E-state index contributed by atoms with van der Waals surface area (Å²) in [6.07, 6.45) is 2.19. The fourth-order valence-corrected chi connectivity index (χ4v) is 1.65. The van der Waals surface area contributed by atoms with E-state index in [0.29, 0.717) is 18.2 Å². The van der Waals surface area contributed by atoms with Gasteiger partial charge in [-0.25, -0.2) is 0 Å². The van der Waals surface area contributed by atoms with E-state index in [1.807, 2.05) is 25.1 Å². The maximum atomic E-state index is 12.0. The van der Waals surface area contributed by atoms with Gasteiger partial charge in [-0.3, -0.25) is 4.79 Å². The second kappa shape index (κ2) is 5.03. The molecule has 0 unspecified atom stereocenters. The molecule has 0 radical (unpaired) electrons. The van der Waals surface area contributed by atoms with Crippen LogP contribution in [-0.4, -0.2) is 18.5 Å². The maximum absolute atomic E-state index is 12.0. The van der Waals surface area contributed by atoms with Crippen LogP contribution in [0.3, 0.4) is 0 Å². The van der Waals surface area contributed by atoms with Gasteiger partial charge in [-0.15, -0.1) is 0 Å². The van der Waals surface area contributed by atoms with Gasteiger partial charge >= 0.3 is 0 Å². The molecule has 1 aliphatic rings. The summed E-state index contributed by atoms with van der Waals surface area (Å²) in [5, 5.41) is 2.98. The van der Waals surface area contributed by atoms with Crippen LogP contribution >= 0.6 is 0 Å². The summed E-state index contributed by atoms with van der Waals surface area (Å²) in [6.45, 7) is 2.25. The van der Waals surface area contributed by atoms with Crippen molar-refractivity contribution in [2.24, 2.45) is 5.73 Å². The van der Waals surface area contributed by atoms with Crippen LogP contribution in [0.1, 0.15) is 34.3 Å². The molecule has 0 aliphatic heterocycles. The SMILES string of the molecule is Cc1c(C#CCN)cccc1C(=O)NC1CC1. The van der Waals surface area contributed by atoms with E-state index in [4.69, 9.17) is 5.73 Å². The first-order valence-corrected chi connectivity index (χ1v) is 5.82. The van der Waals surface area contributed by atoms with Crippen LogP contribution in [0, 0.1) is 18.8 Å². The largest absolute Gasteiger partial charge is 0.349 e. The molecule has 2 rings (SSSR count). The molecular weight excluding hydrogens is 212 g/mol. The minimum Gasteiger partial charge on any atom is -0.349 e. The second-order valence-corrected chi connectivity index (χ2v) is 4.23. The van der Waals surface area contributed by atoms with Crippen molar-refractivity contribution in [3.63, 3.8) is 0 Å². The molecule has 3 N–H and O–H groups in total. The van der Waals surface area contributed by atoms with Crippen molar-refractivity contribution in [3.8, 4) is 11.8 Å². The summed E-state index contributed by atoms with van der Waals surface area (Å²) in [7, 11) is 0. The number of rotatable bonds is 2. The number of carbonyl (C=O) groups is 1. The van der Waals surface area contributed by atoms with E-state index in [2.05, 4.69) is 17.2 Å². The molecule has 17 heavy (non-hydrogen) atoms.